The minimum atomic E-state index is -0.130. The van der Waals surface area contributed by atoms with Gasteiger partial charge in [-0.25, -0.2) is 0 Å². The SMILES string of the molecule is CSC(C)CN1C(=O)C(C)NC1c1ccc(Cl)cc1. The van der Waals surface area contributed by atoms with Crippen molar-refractivity contribution in [3.05, 3.63) is 34.9 Å². The molecule has 1 saturated heterocycles. The maximum atomic E-state index is 12.2. The molecular formula is C14H19ClN2OS. The summed E-state index contributed by atoms with van der Waals surface area (Å²) in [6.07, 6.45) is 2.02. The number of benzene rings is 1. The largest absolute Gasteiger partial charge is 0.320 e. The highest BCUT2D eigenvalue weighted by molar-refractivity contribution is 7.99. The van der Waals surface area contributed by atoms with Crippen molar-refractivity contribution in [2.24, 2.45) is 0 Å². The van der Waals surface area contributed by atoms with Crippen molar-refractivity contribution in [1.29, 1.82) is 0 Å². The van der Waals surface area contributed by atoms with Gasteiger partial charge in [-0.1, -0.05) is 30.7 Å². The lowest BCUT2D eigenvalue weighted by Gasteiger charge is -2.26. The van der Waals surface area contributed by atoms with Crippen LogP contribution in [0.5, 0.6) is 0 Å². The second-order valence-electron chi connectivity index (χ2n) is 4.88. The summed E-state index contributed by atoms with van der Waals surface area (Å²) in [5.41, 5.74) is 1.08. The van der Waals surface area contributed by atoms with Gasteiger partial charge in [-0.3, -0.25) is 10.1 Å². The molecule has 1 aliphatic heterocycles. The summed E-state index contributed by atoms with van der Waals surface area (Å²) < 4.78 is 0. The number of nitrogens with zero attached hydrogens (tertiary/aromatic N) is 1. The first kappa shape index (κ1) is 14.7. The number of carbonyl (C=O) groups excluding carboxylic acids is 1. The van der Waals surface area contributed by atoms with Crippen molar-refractivity contribution >= 4 is 29.3 Å². The van der Waals surface area contributed by atoms with Crippen LogP contribution in [-0.2, 0) is 4.79 Å². The van der Waals surface area contributed by atoms with E-state index in [-0.39, 0.29) is 18.1 Å². The van der Waals surface area contributed by atoms with Crippen molar-refractivity contribution in [1.82, 2.24) is 10.2 Å². The summed E-state index contributed by atoms with van der Waals surface area (Å²) in [5, 5.41) is 4.48. The Balaban J connectivity index is 2.21. The summed E-state index contributed by atoms with van der Waals surface area (Å²) in [7, 11) is 0. The van der Waals surface area contributed by atoms with Crippen LogP contribution in [0.4, 0.5) is 0 Å². The lowest BCUT2D eigenvalue weighted by molar-refractivity contribution is -0.129. The van der Waals surface area contributed by atoms with Gasteiger partial charge in [0.05, 0.1) is 6.04 Å². The molecular weight excluding hydrogens is 280 g/mol. The molecule has 1 amide bonds. The number of rotatable bonds is 4. The molecule has 2 rings (SSSR count). The first-order valence-corrected chi connectivity index (χ1v) is 8.04. The third-order valence-electron chi connectivity index (χ3n) is 3.41. The number of nitrogens with one attached hydrogen (secondary N) is 1. The zero-order valence-electron chi connectivity index (χ0n) is 11.4. The Kier molecular flexibility index (Phi) is 4.76. The van der Waals surface area contributed by atoms with Crippen molar-refractivity contribution in [2.75, 3.05) is 12.8 Å². The van der Waals surface area contributed by atoms with Gasteiger partial charge < -0.3 is 4.90 Å². The second kappa shape index (κ2) is 6.16. The summed E-state index contributed by atoms with van der Waals surface area (Å²) in [6.45, 7) is 4.81. The van der Waals surface area contributed by atoms with Crippen molar-refractivity contribution in [3.63, 3.8) is 0 Å². The fraction of sp³-hybridized carbons (Fsp3) is 0.500. The van der Waals surface area contributed by atoms with Crippen LogP contribution in [0.3, 0.4) is 0 Å². The molecule has 19 heavy (non-hydrogen) atoms. The summed E-state index contributed by atoms with van der Waals surface area (Å²) in [4.78, 5) is 14.2. The van der Waals surface area contributed by atoms with Gasteiger partial charge in [0.25, 0.3) is 0 Å². The van der Waals surface area contributed by atoms with Crippen LogP contribution in [0.2, 0.25) is 5.02 Å². The van der Waals surface area contributed by atoms with E-state index in [9.17, 15) is 4.79 Å². The van der Waals surface area contributed by atoms with Crippen LogP contribution in [0, 0.1) is 0 Å². The summed E-state index contributed by atoms with van der Waals surface area (Å²) in [5.74, 6) is 0.167. The molecule has 0 saturated carbocycles. The third-order valence-corrected chi connectivity index (χ3v) is 4.62. The summed E-state index contributed by atoms with van der Waals surface area (Å²) >= 11 is 7.69. The normalized spacial score (nSPS) is 24.8. The number of amides is 1. The Bertz CT molecular complexity index is 451. The lowest BCUT2D eigenvalue weighted by atomic mass is 10.1. The molecule has 3 atom stereocenters. The highest BCUT2D eigenvalue weighted by Gasteiger charge is 2.37. The molecule has 3 nitrogen and oxygen atoms in total. The predicted octanol–water partition coefficient (Wildman–Crippen LogP) is 2.91. The van der Waals surface area contributed by atoms with Gasteiger partial charge in [0, 0.05) is 16.8 Å². The topological polar surface area (TPSA) is 32.3 Å². The maximum absolute atomic E-state index is 12.2. The second-order valence-corrected chi connectivity index (χ2v) is 6.59. The van der Waals surface area contributed by atoms with Crippen molar-refractivity contribution in [3.8, 4) is 0 Å². The van der Waals surface area contributed by atoms with E-state index in [0.717, 1.165) is 12.1 Å². The van der Waals surface area contributed by atoms with Crippen LogP contribution in [-0.4, -0.2) is 34.9 Å². The average molecular weight is 299 g/mol. The number of carbonyl (C=O) groups is 1. The molecule has 1 aliphatic rings. The van der Waals surface area contributed by atoms with E-state index in [1.54, 1.807) is 11.8 Å². The van der Waals surface area contributed by atoms with E-state index in [1.165, 1.54) is 0 Å². The number of thioether (sulfide) groups is 1. The first-order valence-electron chi connectivity index (χ1n) is 6.37. The summed E-state index contributed by atoms with van der Waals surface area (Å²) in [6, 6.07) is 7.55. The average Bonchev–Trinajstić information content (AvgIpc) is 2.68. The van der Waals surface area contributed by atoms with E-state index in [0.29, 0.717) is 10.3 Å². The van der Waals surface area contributed by atoms with Crippen LogP contribution < -0.4 is 5.32 Å². The molecule has 1 aromatic rings. The highest BCUT2D eigenvalue weighted by atomic mass is 35.5. The fourth-order valence-electron chi connectivity index (χ4n) is 2.24. The van der Waals surface area contributed by atoms with Crippen molar-refractivity contribution < 1.29 is 4.79 Å². The van der Waals surface area contributed by atoms with E-state index in [4.69, 9.17) is 11.6 Å². The molecule has 1 aromatic carbocycles. The van der Waals surface area contributed by atoms with Gasteiger partial charge in [-0.05, 0) is 30.9 Å². The molecule has 104 valence electrons. The van der Waals surface area contributed by atoms with Gasteiger partial charge >= 0.3 is 0 Å². The van der Waals surface area contributed by atoms with Gasteiger partial charge in [0.15, 0.2) is 0 Å². The van der Waals surface area contributed by atoms with E-state index in [2.05, 4.69) is 18.5 Å². The van der Waals surface area contributed by atoms with Gasteiger partial charge in [-0.15, -0.1) is 0 Å². The molecule has 1 N–H and O–H groups in total. The van der Waals surface area contributed by atoms with Crippen LogP contribution in [0.15, 0.2) is 24.3 Å². The molecule has 0 aromatic heterocycles. The zero-order valence-corrected chi connectivity index (χ0v) is 13.0. The zero-order chi connectivity index (χ0) is 14.0. The number of hydrogen-bond acceptors (Lipinski definition) is 3. The molecule has 5 heteroatoms. The molecule has 0 radical (unpaired) electrons. The molecule has 0 bridgehead atoms. The maximum Gasteiger partial charge on any atom is 0.241 e. The smallest absolute Gasteiger partial charge is 0.241 e. The van der Waals surface area contributed by atoms with Gasteiger partial charge in [0.2, 0.25) is 5.91 Å². The van der Waals surface area contributed by atoms with Crippen LogP contribution >= 0.6 is 23.4 Å². The van der Waals surface area contributed by atoms with Gasteiger partial charge in [-0.2, -0.15) is 11.8 Å². The Morgan fingerprint density at radius 3 is 2.63 bits per heavy atom. The fourth-order valence-corrected chi connectivity index (χ4v) is 2.68. The lowest BCUT2D eigenvalue weighted by Crippen LogP contribution is -2.35. The van der Waals surface area contributed by atoms with E-state index in [1.807, 2.05) is 36.1 Å². The minimum Gasteiger partial charge on any atom is -0.320 e. The molecule has 1 heterocycles. The Hall–Kier alpha value is -0.710. The quantitative estimate of drug-likeness (QED) is 0.927. The molecule has 3 unspecified atom stereocenters. The Morgan fingerprint density at radius 2 is 2.05 bits per heavy atom. The van der Waals surface area contributed by atoms with E-state index < -0.39 is 0 Å². The van der Waals surface area contributed by atoms with E-state index >= 15 is 0 Å². The monoisotopic (exact) mass is 298 g/mol. The van der Waals surface area contributed by atoms with Crippen LogP contribution in [0.1, 0.15) is 25.6 Å². The Morgan fingerprint density at radius 1 is 1.42 bits per heavy atom. The predicted molar refractivity (Wildman–Crippen MR) is 81.5 cm³/mol. The third kappa shape index (κ3) is 3.25. The Labute approximate surface area is 123 Å². The number of hydrogen-bond donors (Lipinski definition) is 1. The standard InChI is InChI=1S/C14H19ClN2OS/c1-9(19-3)8-17-13(16-10(2)14(17)18)11-4-6-12(15)7-5-11/h4-7,9-10,13,16H,8H2,1-3H3. The highest BCUT2D eigenvalue weighted by Crippen LogP contribution is 2.27. The van der Waals surface area contributed by atoms with Gasteiger partial charge in [0.1, 0.15) is 6.17 Å². The molecule has 0 spiro atoms. The molecule has 0 aliphatic carbocycles. The minimum absolute atomic E-state index is 0.0469. The van der Waals surface area contributed by atoms with Crippen molar-refractivity contribution in [2.45, 2.75) is 31.3 Å². The first-order chi connectivity index (χ1) is 9.02. The molecule has 1 fully saturated rings. The van der Waals surface area contributed by atoms with Crippen LogP contribution in [0.25, 0.3) is 0 Å². The number of halogens is 1.